The SMILES string of the molecule is CCC(NC1CCCCC1SC)c1cccc(Br)c1. The molecule has 1 saturated carbocycles. The fourth-order valence-electron chi connectivity index (χ4n) is 3.00. The highest BCUT2D eigenvalue weighted by Crippen LogP contribution is 2.30. The summed E-state index contributed by atoms with van der Waals surface area (Å²) in [5.41, 5.74) is 1.40. The van der Waals surface area contributed by atoms with Crippen LogP contribution < -0.4 is 5.32 Å². The maximum Gasteiger partial charge on any atom is 0.0320 e. The molecule has 0 heterocycles. The maximum atomic E-state index is 3.91. The summed E-state index contributed by atoms with van der Waals surface area (Å²) in [5.74, 6) is 0. The predicted octanol–water partition coefficient (Wildman–Crippen LogP) is 5.16. The lowest BCUT2D eigenvalue weighted by Crippen LogP contribution is -2.42. The van der Waals surface area contributed by atoms with Crippen LogP contribution in [0.15, 0.2) is 28.7 Å². The summed E-state index contributed by atoms with van der Waals surface area (Å²) in [7, 11) is 0. The molecule has 0 aliphatic heterocycles. The zero-order valence-corrected chi connectivity index (χ0v) is 14.3. The lowest BCUT2D eigenvalue weighted by Gasteiger charge is -2.34. The molecule has 3 unspecified atom stereocenters. The minimum atomic E-state index is 0.482. The lowest BCUT2D eigenvalue weighted by atomic mass is 9.93. The van der Waals surface area contributed by atoms with Gasteiger partial charge in [-0.2, -0.15) is 11.8 Å². The summed E-state index contributed by atoms with van der Waals surface area (Å²) in [4.78, 5) is 0. The molecule has 1 aliphatic carbocycles. The van der Waals surface area contributed by atoms with Crippen LogP contribution in [0.4, 0.5) is 0 Å². The molecule has 3 atom stereocenters. The van der Waals surface area contributed by atoms with Gasteiger partial charge in [-0.3, -0.25) is 0 Å². The van der Waals surface area contributed by atoms with Gasteiger partial charge in [0.15, 0.2) is 0 Å². The van der Waals surface area contributed by atoms with Crippen molar-refractivity contribution in [2.24, 2.45) is 0 Å². The zero-order valence-electron chi connectivity index (χ0n) is 11.9. The normalized spacial score (nSPS) is 25.2. The standard InChI is InChI=1S/C16H24BrNS/c1-3-14(12-7-6-8-13(17)11-12)18-15-9-4-5-10-16(15)19-2/h6-8,11,14-16,18H,3-5,9-10H2,1-2H3. The first-order valence-corrected chi connectivity index (χ1v) is 9.37. The highest BCUT2D eigenvalue weighted by Gasteiger charge is 2.26. The first kappa shape index (κ1) is 15.4. The average molecular weight is 342 g/mol. The van der Waals surface area contributed by atoms with Gasteiger partial charge in [-0.1, -0.05) is 47.8 Å². The third-order valence-electron chi connectivity index (χ3n) is 4.08. The summed E-state index contributed by atoms with van der Waals surface area (Å²) in [6, 6.07) is 9.88. The van der Waals surface area contributed by atoms with Gasteiger partial charge in [0.05, 0.1) is 0 Å². The Morgan fingerprint density at radius 2 is 2.16 bits per heavy atom. The Hall–Kier alpha value is 0.01000. The van der Waals surface area contributed by atoms with Gasteiger partial charge in [0, 0.05) is 21.8 Å². The first-order valence-electron chi connectivity index (χ1n) is 7.29. The highest BCUT2D eigenvalue weighted by molar-refractivity contribution is 9.10. The van der Waals surface area contributed by atoms with Crippen molar-refractivity contribution in [3.63, 3.8) is 0 Å². The molecule has 1 fully saturated rings. The van der Waals surface area contributed by atoms with Crippen molar-refractivity contribution in [2.45, 2.75) is 56.4 Å². The van der Waals surface area contributed by atoms with E-state index < -0.39 is 0 Å². The van der Waals surface area contributed by atoms with E-state index in [0.717, 1.165) is 11.7 Å². The van der Waals surface area contributed by atoms with E-state index >= 15 is 0 Å². The number of benzene rings is 1. The van der Waals surface area contributed by atoms with Crippen LogP contribution in [-0.4, -0.2) is 17.5 Å². The zero-order chi connectivity index (χ0) is 13.7. The maximum absolute atomic E-state index is 3.91. The van der Waals surface area contributed by atoms with Crippen LogP contribution in [0, 0.1) is 0 Å². The summed E-state index contributed by atoms with van der Waals surface area (Å²) in [6.07, 6.45) is 8.88. The molecule has 0 saturated heterocycles. The molecule has 0 bridgehead atoms. The van der Waals surface area contributed by atoms with E-state index in [-0.39, 0.29) is 0 Å². The molecule has 2 rings (SSSR count). The monoisotopic (exact) mass is 341 g/mol. The predicted molar refractivity (Wildman–Crippen MR) is 89.9 cm³/mol. The molecular formula is C16H24BrNS. The summed E-state index contributed by atoms with van der Waals surface area (Å²) < 4.78 is 1.18. The van der Waals surface area contributed by atoms with Gasteiger partial charge in [0.1, 0.15) is 0 Å². The summed E-state index contributed by atoms with van der Waals surface area (Å²) in [6.45, 7) is 2.27. The highest BCUT2D eigenvalue weighted by atomic mass is 79.9. The number of thioether (sulfide) groups is 1. The Balaban J connectivity index is 2.05. The number of rotatable bonds is 5. The van der Waals surface area contributed by atoms with Gasteiger partial charge in [0.2, 0.25) is 0 Å². The second-order valence-corrected chi connectivity index (χ2v) is 7.34. The molecular weight excluding hydrogens is 318 g/mol. The van der Waals surface area contributed by atoms with Gasteiger partial charge in [-0.05, 0) is 43.2 Å². The molecule has 19 heavy (non-hydrogen) atoms. The second kappa shape index (κ2) is 7.70. The van der Waals surface area contributed by atoms with E-state index in [4.69, 9.17) is 0 Å². The number of halogens is 1. The molecule has 1 nitrogen and oxygen atoms in total. The van der Waals surface area contributed by atoms with Gasteiger partial charge in [-0.25, -0.2) is 0 Å². The molecule has 0 aromatic heterocycles. The Morgan fingerprint density at radius 3 is 2.84 bits per heavy atom. The van der Waals surface area contributed by atoms with Crippen molar-refractivity contribution >= 4 is 27.7 Å². The fourth-order valence-corrected chi connectivity index (χ4v) is 4.36. The molecule has 0 radical (unpaired) electrons. The van der Waals surface area contributed by atoms with Crippen molar-refractivity contribution in [2.75, 3.05) is 6.26 Å². The Labute approximate surface area is 130 Å². The third kappa shape index (κ3) is 4.24. The van der Waals surface area contributed by atoms with Crippen molar-refractivity contribution in [1.82, 2.24) is 5.32 Å². The molecule has 1 aliphatic rings. The largest absolute Gasteiger partial charge is 0.306 e. The Morgan fingerprint density at radius 1 is 1.37 bits per heavy atom. The second-order valence-electron chi connectivity index (χ2n) is 5.35. The molecule has 1 aromatic carbocycles. The third-order valence-corrected chi connectivity index (χ3v) is 5.74. The minimum Gasteiger partial charge on any atom is -0.306 e. The van der Waals surface area contributed by atoms with E-state index in [1.54, 1.807) is 0 Å². The van der Waals surface area contributed by atoms with Crippen LogP contribution in [0.3, 0.4) is 0 Å². The molecule has 106 valence electrons. The quantitative estimate of drug-likeness (QED) is 0.793. The van der Waals surface area contributed by atoms with Gasteiger partial charge in [-0.15, -0.1) is 0 Å². The number of nitrogens with one attached hydrogen (secondary N) is 1. The van der Waals surface area contributed by atoms with Crippen molar-refractivity contribution < 1.29 is 0 Å². The van der Waals surface area contributed by atoms with E-state index in [9.17, 15) is 0 Å². The van der Waals surface area contributed by atoms with Gasteiger partial charge < -0.3 is 5.32 Å². The van der Waals surface area contributed by atoms with E-state index in [2.05, 4.69) is 58.7 Å². The molecule has 3 heteroatoms. The van der Waals surface area contributed by atoms with Gasteiger partial charge >= 0.3 is 0 Å². The van der Waals surface area contributed by atoms with E-state index in [0.29, 0.717) is 12.1 Å². The lowest BCUT2D eigenvalue weighted by molar-refractivity contribution is 0.343. The average Bonchev–Trinajstić information content (AvgIpc) is 2.45. The Kier molecular flexibility index (Phi) is 6.24. The van der Waals surface area contributed by atoms with E-state index in [1.165, 1.54) is 35.7 Å². The van der Waals surface area contributed by atoms with Crippen molar-refractivity contribution in [3.8, 4) is 0 Å². The number of hydrogen-bond acceptors (Lipinski definition) is 2. The molecule has 1 N–H and O–H groups in total. The topological polar surface area (TPSA) is 12.0 Å². The molecule has 0 amide bonds. The Bertz CT molecular complexity index is 396. The van der Waals surface area contributed by atoms with Crippen LogP contribution >= 0.6 is 27.7 Å². The van der Waals surface area contributed by atoms with Crippen LogP contribution in [0.5, 0.6) is 0 Å². The summed E-state index contributed by atoms with van der Waals surface area (Å²) >= 11 is 5.61. The smallest absolute Gasteiger partial charge is 0.0320 e. The van der Waals surface area contributed by atoms with Crippen molar-refractivity contribution in [3.05, 3.63) is 34.3 Å². The van der Waals surface area contributed by atoms with Crippen LogP contribution in [0.1, 0.15) is 50.6 Å². The fraction of sp³-hybridized carbons (Fsp3) is 0.625. The molecule has 0 spiro atoms. The minimum absolute atomic E-state index is 0.482. The molecule has 1 aromatic rings. The van der Waals surface area contributed by atoms with Crippen LogP contribution in [0.2, 0.25) is 0 Å². The first-order chi connectivity index (χ1) is 9.24. The van der Waals surface area contributed by atoms with Crippen LogP contribution in [0.25, 0.3) is 0 Å². The van der Waals surface area contributed by atoms with Crippen LogP contribution in [-0.2, 0) is 0 Å². The number of hydrogen-bond donors (Lipinski definition) is 1. The van der Waals surface area contributed by atoms with Gasteiger partial charge in [0.25, 0.3) is 0 Å². The van der Waals surface area contributed by atoms with E-state index in [1.807, 2.05) is 11.8 Å². The van der Waals surface area contributed by atoms with Crippen molar-refractivity contribution in [1.29, 1.82) is 0 Å². The summed E-state index contributed by atoms with van der Waals surface area (Å²) in [5, 5.41) is 4.70.